The van der Waals surface area contributed by atoms with E-state index >= 15 is 0 Å². The number of methoxy groups -OCH3 is 1. The summed E-state index contributed by atoms with van der Waals surface area (Å²) in [5.41, 5.74) is 4.41. The first-order valence-corrected chi connectivity index (χ1v) is 8.16. The molecule has 0 amide bonds. The maximum atomic E-state index is 5.49. The van der Waals surface area contributed by atoms with E-state index in [1.807, 2.05) is 26.2 Å². The first kappa shape index (κ1) is 16.3. The van der Waals surface area contributed by atoms with Gasteiger partial charge in [0, 0.05) is 24.4 Å². The zero-order valence-corrected chi connectivity index (χ0v) is 14.7. The summed E-state index contributed by atoms with van der Waals surface area (Å²) in [6.07, 6.45) is 1.87. The minimum absolute atomic E-state index is 0.241. The van der Waals surface area contributed by atoms with Crippen LogP contribution in [0, 0.1) is 13.8 Å². The van der Waals surface area contributed by atoms with Gasteiger partial charge in [0.15, 0.2) is 5.96 Å². The Morgan fingerprint density at radius 3 is 2.71 bits per heavy atom. The van der Waals surface area contributed by atoms with E-state index in [1.165, 1.54) is 5.56 Å². The van der Waals surface area contributed by atoms with Gasteiger partial charge in [-0.2, -0.15) is 0 Å². The number of nitrogens with zero attached hydrogens (tertiary/aromatic N) is 3. The minimum atomic E-state index is 0.241. The molecule has 1 N–H and O–H groups in total. The van der Waals surface area contributed by atoms with E-state index in [2.05, 4.69) is 51.4 Å². The van der Waals surface area contributed by atoms with Gasteiger partial charge in [0.2, 0.25) is 0 Å². The summed E-state index contributed by atoms with van der Waals surface area (Å²) in [6.45, 7) is 5.52. The zero-order chi connectivity index (χ0) is 17.1. The molecule has 1 aliphatic heterocycles. The highest BCUT2D eigenvalue weighted by Crippen LogP contribution is 2.25. The van der Waals surface area contributed by atoms with Crippen molar-refractivity contribution < 1.29 is 4.74 Å². The number of guanidine groups is 1. The summed E-state index contributed by atoms with van der Waals surface area (Å²) in [5.74, 6) is 1.82. The predicted molar refractivity (Wildman–Crippen MR) is 96.4 cm³/mol. The molecule has 0 fully saturated rings. The molecule has 0 aliphatic carbocycles. The Morgan fingerprint density at radius 1 is 1.25 bits per heavy atom. The van der Waals surface area contributed by atoms with Crippen molar-refractivity contribution >= 4 is 5.96 Å². The zero-order valence-electron chi connectivity index (χ0n) is 14.7. The lowest BCUT2D eigenvalue weighted by Crippen LogP contribution is -2.37. The SMILES string of the molecule is COc1c(C)cnc(CN(C)C2=NCC(c3ccccc3)N2)c1C. The van der Waals surface area contributed by atoms with E-state index in [0.717, 1.165) is 35.1 Å². The summed E-state index contributed by atoms with van der Waals surface area (Å²) in [5, 5.41) is 3.50. The fourth-order valence-electron chi connectivity index (χ4n) is 3.06. The maximum Gasteiger partial charge on any atom is 0.194 e. The van der Waals surface area contributed by atoms with Gasteiger partial charge in [0.1, 0.15) is 5.75 Å². The number of nitrogens with one attached hydrogen (secondary N) is 1. The summed E-state index contributed by atoms with van der Waals surface area (Å²) in [6, 6.07) is 10.7. The quantitative estimate of drug-likeness (QED) is 0.939. The van der Waals surface area contributed by atoms with Crippen LogP contribution in [0.2, 0.25) is 0 Å². The molecule has 24 heavy (non-hydrogen) atoms. The second-order valence-corrected chi connectivity index (χ2v) is 6.17. The molecule has 0 spiro atoms. The summed E-state index contributed by atoms with van der Waals surface area (Å²) >= 11 is 0. The van der Waals surface area contributed by atoms with Gasteiger partial charge in [-0.25, -0.2) is 0 Å². The van der Waals surface area contributed by atoms with Crippen LogP contribution in [-0.2, 0) is 6.54 Å². The van der Waals surface area contributed by atoms with Crippen molar-refractivity contribution in [1.29, 1.82) is 0 Å². The standard InChI is InChI=1S/C19H24N4O/c1-13-10-20-17(14(2)18(13)24-4)12-23(3)19-21-11-16(22-19)15-8-6-5-7-9-15/h5-10,16H,11-12H2,1-4H3,(H,21,22). The van der Waals surface area contributed by atoms with Crippen molar-refractivity contribution in [3.8, 4) is 5.75 Å². The number of hydrogen-bond acceptors (Lipinski definition) is 5. The summed E-state index contributed by atoms with van der Waals surface area (Å²) in [4.78, 5) is 11.3. The van der Waals surface area contributed by atoms with Crippen LogP contribution < -0.4 is 10.1 Å². The van der Waals surface area contributed by atoms with Gasteiger partial charge in [-0.15, -0.1) is 0 Å². The van der Waals surface area contributed by atoms with Crippen molar-refractivity contribution in [3.63, 3.8) is 0 Å². The number of aliphatic imine (C=N–C) groups is 1. The Balaban J connectivity index is 1.69. The van der Waals surface area contributed by atoms with Crippen LogP contribution in [0.1, 0.15) is 28.4 Å². The molecule has 0 saturated carbocycles. The molecule has 0 saturated heterocycles. The molecule has 126 valence electrons. The van der Waals surface area contributed by atoms with Gasteiger partial charge in [0.25, 0.3) is 0 Å². The Hall–Kier alpha value is -2.56. The normalized spacial score (nSPS) is 16.5. The van der Waals surface area contributed by atoms with Crippen molar-refractivity contribution in [2.75, 3.05) is 20.7 Å². The van der Waals surface area contributed by atoms with Crippen molar-refractivity contribution in [2.45, 2.75) is 26.4 Å². The molecule has 1 atom stereocenters. The van der Waals surface area contributed by atoms with E-state index in [4.69, 9.17) is 4.74 Å². The molecule has 3 rings (SSSR count). The number of rotatable bonds is 4. The van der Waals surface area contributed by atoms with Crippen LogP contribution in [-0.4, -0.2) is 36.5 Å². The third-order valence-electron chi connectivity index (χ3n) is 4.43. The first-order valence-electron chi connectivity index (χ1n) is 8.16. The monoisotopic (exact) mass is 324 g/mol. The molecule has 2 aromatic rings. The average Bonchev–Trinajstić information content (AvgIpc) is 3.09. The number of pyridine rings is 1. The van der Waals surface area contributed by atoms with Crippen molar-refractivity contribution in [3.05, 3.63) is 58.9 Å². The molecule has 5 heteroatoms. The van der Waals surface area contributed by atoms with Crippen LogP contribution in [0.5, 0.6) is 5.75 Å². The summed E-state index contributed by atoms with van der Waals surface area (Å²) < 4.78 is 5.49. The number of hydrogen-bond donors (Lipinski definition) is 1. The first-order chi connectivity index (χ1) is 11.6. The molecule has 0 bridgehead atoms. The highest BCUT2D eigenvalue weighted by atomic mass is 16.5. The topological polar surface area (TPSA) is 49.8 Å². The van der Waals surface area contributed by atoms with E-state index < -0.39 is 0 Å². The second-order valence-electron chi connectivity index (χ2n) is 6.17. The molecule has 0 radical (unpaired) electrons. The van der Waals surface area contributed by atoms with E-state index in [0.29, 0.717) is 6.54 Å². The highest BCUT2D eigenvalue weighted by Gasteiger charge is 2.22. The van der Waals surface area contributed by atoms with Crippen molar-refractivity contribution in [1.82, 2.24) is 15.2 Å². The van der Waals surface area contributed by atoms with E-state index in [1.54, 1.807) is 7.11 Å². The Morgan fingerprint density at radius 2 is 2.00 bits per heavy atom. The number of aryl methyl sites for hydroxylation is 1. The van der Waals surface area contributed by atoms with Crippen LogP contribution in [0.4, 0.5) is 0 Å². The lowest BCUT2D eigenvalue weighted by Gasteiger charge is -2.22. The van der Waals surface area contributed by atoms with Gasteiger partial charge in [-0.1, -0.05) is 30.3 Å². The van der Waals surface area contributed by atoms with E-state index in [-0.39, 0.29) is 6.04 Å². The highest BCUT2D eigenvalue weighted by molar-refractivity contribution is 5.82. The fourth-order valence-corrected chi connectivity index (χ4v) is 3.06. The Bertz CT molecular complexity index is 743. The largest absolute Gasteiger partial charge is 0.496 e. The van der Waals surface area contributed by atoms with Crippen LogP contribution in [0.25, 0.3) is 0 Å². The van der Waals surface area contributed by atoms with Gasteiger partial charge < -0.3 is 15.0 Å². The summed E-state index contributed by atoms with van der Waals surface area (Å²) in [7, 11) is 3.74. The molecule has 1 aromatic carbocycles. The Kier molecular flexibility index (Phi) is 4.69. The second kappa shape index (κ2) is 6.91. The van der Waals surface area contributed by atoms with Gasteiger partial charge in [-0.3, -0.25) is 9.98 Å². The molecule has 5 nitrogen and oxygen atoms in total. The van der Waals surface area contributed by atoms with Crippen LogP contribution in [0.3, 0.4) is 0 Å². The third-order valence-corrected chi connectivity index (χ3v) is 4.43. The number of ether oxygens (including phenoxy) is 1. The predicted octanol–water partition coefficient (Wildman–Crippen LogP) is 2.84. The minimum Gasteiger partial charge on any atom is -0.496 e. The fraction of sp³-hybridized carbons (Fsp3) is 0.368. The number of benzene rings is 1. The third kappa shape index (κ3) is 3.20. The molecular weight excluding hydrogens is 300 g/mol. The molecule has 2 heterocycles. The average molecular weight is 324 g/mol. The number of aromatic nitrogens is 1. The van der Waals surface area contributed by atoms with Crippen LogP contribution in [0.15, 0.2) is 41.5 Å². The molecular formula is C19H24N4O. The van der Waals surface area contributed by atoms with Crippen LogP contribution >= 0.6 is 0 Å². The lowest BCUT2D eigenvalue weighted by molar-refractivity contribution is 0.403. The lowest BCUT2D eigenvalue weighted by atomic mass is 10.1. The van der Waals surface area contributed by atoms with Crippen molar-refractivity contribution in [2.24, 2.45) is 4.99 Å². The van der Waals surface area contributed by atoms with Gasteiger partial charge in [-0.05, 0) is 19.4 Å². The maximum absolute atomic E-state index is 5.49. The van der Waals surface area contributed by atoms with Gasteiger partial charge in [0.05, 0.1) is 31.9 Å². The molecule has 1 unspecified atom stereocenters. The molecule has 1 aliphatic rings. The van der Waals surface area contributed by atoms with Gasteiger partial charge >= 0.3 is 0 Å². The van der Waals surface area contributed by atoms with E-state index in [9.17, 15) is 0 Å². The Labute approximate surface area is 143 Å². The smallest absolute Gasteiger partial charge is 0.194 e. The molecule has 1 aromatic heterocycles.